The normalized spacial score (nSPS) is 11.2. The molecule has 0 saturated carbocycles. The number of benzene rings is 2. The maximum atomic E-state index is 12.0. The summed E-state index contributed by atoms with van der Waals surface area (Å²) in [5.41, 5.74) is 5.98. The predicted molar refractivity (Wildman–Crippen MR) is 127 cm³/mol. The smallest absolute Gasteiger partial charge is 0.181 e. The number of imidazole rings is 1. The molecule has 0 amide bonds. The second kappa shape index (κ2) is 9.13. The van der Waals surface area contributed by atoms with Crippen LogP contribution in [0.1, 0.15) is 43.2 Å². The van der Waals surface area contributed by atoms with Crippen molar-refractivity contribution in [3.63, 3.8) is 0 Å². The van der Waals surface area contributed by atoms with Gasteiger partial charge in [-0.25, -0.2) is 9.97 Å². The van der Waals surface area contributed by atoms with Crippen LogP contribution < -0.4 is 5.32 Å². The van der Waals surface area contributed by atoms with Gasteiger partial charge in [0.2, 0.25) is 0 Å². The van der Waals surface area contributed by atoms with E-state index < -0.39 is 0 Å². The number of aryl methyl sites for hydroxylation is 1. The SMILES string of the molecule is CCCc1ccc(-c2c(C=O)nc3c(NCC(C)C)nc(-c4ccccc4)cn23)cc1. The fourth-order valence-corrected chi connectivity index (χ4v) is 3.72. The van der Waals surface area contributed by atoms with Gasteiger partial charge in [0.1, 0.15) is 5.69 Å². The van der Waals surface area contributed by atoms with Gasteiger partial charge in [-0.3, -0.25) is 9.20 Å². The van der Waals surface area contributed by atoms with Gasteiger partial charge in [-0.15, -0.1) is 0 Å². The van der Waals surface area contributed by atoms with E-state index in [1.807, 2.05) is 40.9 Å². The van der Waals surface area contributed by atoms with Crippen molar-refractivity contribution in [1.82, 2.24) is 14.4 Å². The van der Waals surface area contributed by atoms with Crippen LogP contribution in [0.4, 0.5) is 5.82 Å². The molecule has 2 aromatic heterocycles. The van der Waals surface area contributed by atoms with Gasteiger partial charge in [0, 0.05) is 23.9 Å². The predicted octanol–water partition coefficient (Wildman–Crippen LogP) is 5.90. The highest BCUT2D eigenvalue weighted by molar-refractivity contribution is 5.88. The summed E-state index contributed by atoms with van der Waals surface area (Å²) >= 11 is 0. The zero-order valence-corrected chi connectivity index (χ0v) is 18.3. The van der Waals surface area contributed by atoms with Crippen LogP contribution in [0.25, 0.3) is 28.2 Å². The Kier molecular flexibility index (Phi) is 6.12. The molecule has 0 atom stereocenters. The first-order valence-corrected chi connectivity index (χ1v) is 10.9. The van der Waals surface area contributed by atoms with Crippen LogP contribution in [0.5, 0.6) is 0 Å². The summed E-state index contributed by atoms with van der Waals surface area (Å²) in [7, 11) is 0. The van der Waals surface area contributed by atoms with Gasteiger partial charge in [0.25, 0.3) is 0 Å². The Morgan fingerprint density at radius 1 is 1.00 bits per heavy atom. The topological polar surface area (TPSA) is 59.3 Å². The Hall–Kier alpha value is -3.47. The summed E-state index contributed by atoms with van der Waals surface area (Å²) in [4.78, 5) is 21.5. The number of anilines is 1. The van der Waals surface area contributed by atoms with Crippen molar-refractivity contribution in [2.45, 2.75) is 33.6 Å². The molecule has 2 heterocycles. The van der Waals surface area contributed by atoms with Gasteiger partial charge in [-0.1, -0.05) is 81.8 Å². The van der Waals surface area contributed by atoms with Crippen LogP contribution in [0.15, 0.2) is 60.8 Å². The lowest BCUT2D eigenvalue weighted by molar-refractivity contribution is 0.112. The lowest BCUT2D eigenvalue weighted by atomic mass is 10.0. The van der Waals surface area contributed by atoms with E-state index in [-0.39, 0.29) is 0 Å². The van der Waals surface area contributed by atoms with Crippen molar-refractivity contribution < 1.29 is 4.79 Å². The van der Waals surface area contributed by atoms with Gasteiger partial charge in [0.05, 0.1) is 11.4 Å². The van der Waals surface area contributed by atoms with E-state index in [0.29, 0.717) is 23.1 Å². The molecule has 0 fully saturated rings. The van der Waals surface area contributed by atoms with Crippen molar-refractivity contribution in [1.29, 1.82) is 0 Å². The molecule has 0 unspecified atom stereocenters. The molecule has 158 valence electrons. The first-order chi connectivity index (χ1) is 15.1. The molecule has 0 radical (unpaired) electrons. The van der Waals surface area contributed by atoms with Gasteiger partial charge in [-0.05, 0) is 17.9 Å². The molecule has 31 heavy (non-hydrogen) atoms. The van der Waals surface area contributed by atoms with Crippen LogP contribution in [0, 0.1) is 5.92 Å². The van der Waals surface area contributed by atoms with E-state index in [2.05, 4.69) is 55.3 Å². The number of carbonyl (C=O) groups is 1. The first kappa shape index (κ1) is 20.8. The molecule has 0 bridgehead atoms. The number of fused-ring (bicyclic) bond motifs is 1. The number of aldehydes is 1. The highest BCUT2D eigenvalue weighted by Gasteiger charge is 2.19. The first-order valence-electron chi connectivity index (χ1n) is 10.9. The molecule has 4 rings (SSSR count). The van der Waals surface area contributed by atoms with E-state index in [0.717, 1.165) is 48.2 Å². The molecule has 2 aromatic carbocycles. The number of hydrogen-bond acceptors (Lipinski definition) is 4. The number of carbonyl (C=O) groups excluding carboxylic acids is 1. The summed E-state index contributed by atoms with van der Waals surface area (Å²) in [5.74, 6) is 1.14. The highest BCUT2D eigenvalue weighted by atomic mass is 16.1. The van der Waals surface area contributed by atoms with Gasteiger partial charge >= 0.3 is 0 Å². The molecule has 0 aliphatic rings. The van der Waals surface area contributed by atoms with Crippen molar-refractivity contribution in [2.75, 3.05) is 11.9 Å². The van der Waals surface area contributed by atoms with Crippen LogP contribution >= 0.6 is 0 Å². The van der Waals surface area contributed by atoms with E-state index in [4.69, 9.17) is 4.98 Å². The standard InChI is InChI=1S/C26H28N4O/c1-4-8-19-11-13-21(14-12-19)24-23(17-31)29-26-25(27-15-18(2)3)28-22(16-30(24)26)20-9-6-5-7-10-20/h5-7,9-14,16-18H,4,8,15H2,1-3H3,(H,27,28). The molecule has 0 saturated heterocycles. The van der Waals surface area contributed by atoms with Crippen LogP contribution in [0.2, 0.25) is 0 Å². The fourth-order valence-electron chi connectivity index (χ4n) is 3.72. The monoisotopic (exact) mass is 412 g/mol. The maximum Gasteiger partial charge on any atom is 0.181 e. The third-order valence-corrected chi connectivity index (χ3v) is 5.26. The van der Waals surface area contributed by atoms with Gasteiger partial charge < -0.3 is 5.32 Å². The molecule has 4 aromatic rings. The highest BCUT2D eigenvalue weighted by Crippen LogP contribution is 2.30. The fraction of sp³-hybridized carbons (Fsp3) is 0.269. The van der Waals surface area contributed by atoms with Crippen molar-refractivity contribution in [3.05, 3.63) is 72.1 Å². The lowest BCUT2D eigenvalue weighted by Gasteiger charge is -2.13. The van der Waals surface area contributed by atoms with Crippen LogP contribution in [0.3, 0.4) is 0 Å². The Bertz CT molecular complexity index is 1180. The third-order valence-electron chi connectivity index (χ3n) is 5.26. The second-order valence-electron chi connectivity index (χ2n) is 8.22. The Morgan fingerprint density at radius 2 is 1.74 bits per heavy atom. The molecule has 5 heteroatoms. The Balaban J connectivity index is 1.92. The third kappa shape index (κ3) is 4.36. The second-order valence-corrected chi connectivity index (χ2v) is 8.22. The van der Waals surface area contributed by atoms with Crippen molar-refractivity contribution in [3.8, 4) is 22.5 Å². The summed E-state index contributed by atoms with van der Waals surface area (Å²) < 4.78 is 2.00. The van der Waals surface area contributed by atoms with Gasteiger partial charge in [0.15, 0.2) is 17.8 Å². The minimum Gasteiger partial charge on any atom is -0.367 e. The van der Waals surface area contributed by atoms with Crippen molar-refractivity contribution in [2.24, 2.45) is 5.92 Å². The number of hydrogen-bond donors (Lipinski definition) is 1. The Labute approximate surface area is 183 Å². The minimum absolute atomic E-state index is 0.419. The van der Waals surface area contributed by atoms with E-state index in [9.17, 15) is 4.79 Å². The Morgan fingerprint density at radius 3 is 2.39 bits per heavy atom. The zero-order chi connectivity index (χ0) is 21.8. The number of aromatic nitrogens is 3. The molecular weight excluding hydrogens is 384 g/mol. The van der Waals surface area contributed by atoms with Crippen LogP contribution in [-0.2, 0) is 6.42 Å². The summed E-state index contributed by atoms with van der Waals surface area (Å²) in [6.45, 7) is 7.24. The molecule has 5 nitrogen and oxygen atoms in total. The molecule has 0 aliphatic carbocycles. The molecule has 1 N–H and O–H groups in total. The quantitative estimate of drug-likeness (QED) is 0.366. The van der Waals surface area contributed by atoms with E-state index in [1.54, 1.807) is 0 Å². The maximum absolute atomic E-state index is 12.0. The summed E-state index contributed by atoms with van der Waals surface area (Å²) in [5, 5.41) is 3.43. The van der Waals surface area contributed by atoms with E-state index >= 15 is 0 Å². The summed E-state index contributed by atoms with van der Waals surface area (Å²) in [6.07, 6.45) is 4.95. The average Bonchev–Trinajstić information content (AvgIpc) is 3.17. The van der Waals surface area contributed by atoms with Crippen molar-refractivity contribution >= 4 is 17.8 Å². The van der Waals surface area contributed by atoms with Gasteiger partial charge in [-0.2, -0.15) is 0 Å². The minimum atomic E-state index is 0.419. The largest absolute Gasteiger partial charge is 0.367 e. The number of rotatable bonds is 8. The zero-order valence-electron chi connectivity index (χ0n) is 18.3. The number of nitrogens with one attached hydrogen (secondary N) is 1. The summed E-state index contributed by atoms with van der Waals surface area (Å²) in [6, 6.07) is 18.5. The van der Waals surface area contributed by atoms with Crippen LogP contribution in [-0.4, -0.2) is 27.2 Å². The average molecular weight is 413 g/mol. The van der Waals surface area contributed by atoms with E-state index in [1.165, 1.54) is 5.56 Å². The lowest BCUT2D eigenvalue weighted by Crippen LogP contribution is -2.11. The molecule has 0 spiro atoms. The molecular formula is C26H28N4O. The number of nitrogens with zero attached hydrogens (tertiary/aromatic N) is 3. The molecule has 0 aliphatic heterocycles.